The number of imide groups is 1. The van der Waals surface area contributed by atoms with E-state index in [2.05, 4.69) is 5.32 Å². The Hall–Kier alpha value is -2.88. The van der Waals surface area contributed by atoms with Crippen molar-refractivity contribution >= 4 is 63.8 Å². The molecule has 5 rings (SSSR count). The molecule has 2 atom stereocenters. The number of carbonyl (C=O) groups is 3. The molecule has 35 heavy (non-hydrogen) atoms. The summed E-state index contributed by atoms with van der Waals surface area (Å²) >= 11 is 8.21. The Morgan fingerprint density at radius 1 is 1.03 bits per heavy atom. The van der Waals surface area contributed by atoms with Gasteiger partial charge in [-0.05, 0) is 43.3 Å². The van der Waals surface area contributed by atoms with E-state index in [4.69, 9.17) is 11.6 Å². The molecular weight excluding hydrogens is 506 g/mol. The normalized spacial score (nSPS) is 20.5. The minimum absolute atomic E-state index is 0.179. The molecule has 0 bridgehead atoms. The number of nitrogens with zero attached hydrogens (tertiary/aromatic N) is 2. The third-order valence-electron chi connectivity index (χ3n) is 6.43. The fraction of sp³-hybridized carbons (Fsp3) is 0.280. The summed E-state index contributed by atoms with van der Waals surface area (Å²) in [6, 6.07) is 14.0. The lowest BCUT2D eigenvalue weighted by Gasteiger charge is -2.36. The lowest BCUT2D eigenvalue weighted by molar-refractivity contribution is -0.123. The number of thioether (sulfide) groups is 1. The van der Waals surface area contributed by atoms with Gasteiger partial charge in [-0.2, -0.15) is 0 Å². The first-order valence-corrected chi connectivity index (χ1v) is 13.1. The van der Waals surface area contributed by atoms with E-state index in [0.717, 1.165) is 21.8 Å². The van der Waals surface area contributed by atoms with Gasteiger partial charge in [-0.15, -0.1) is 0 Å². The summed E-state index contributed by atoms with van der Waals surface area (Å²) in [7, 11) is 0. The molecule has 3 aromatic rings. The number of nitrogens with one attached hydrogen (secondary N) is 1. The number of hydrogen-bond donors (Lipinski definition) is 1. The van der Waals surface area contributed by atoms with Crippen LogP contribution in [0.3, 0.4) is 0 Å². The first kappa shape index (κ1) is 23.8. The highest BCUT2D eigenvalue weighted by Crippen LogP contribution is 2.54. The zero-order chi connectivity index (χ0) is 25.1. The van der Waals surface area contributed by atoms with E-state index in [1.807, 2.05) is 32.9 Å². The van der Waals surface area contributed by atoms with Crippen molar-refractivity contribution in [2.24, 2.45) is 5.92 Å². The van der Waals surface area contributed by atoms with Gasteiger partial charge in [0.25, 0.3) is 0 Å². The smallest absolute Gasteiger partial charge is 0.308 e. The van der Waals surface area contributed by atoms with Gasteiger partial charge in [-0.1, -0.05) is 66.2 Å². The lowest BCUT2D eigenvalue weighted by Crippen LogP contribution is -2.41. The largest absolute Gasteiger partial charge is 0.325 e. The number of halogens is 1. The number of aromatic nitrogens is 1. The van der Waals surface area contributed by atoms with E-state index in [-0.39, 0.29) is 29.1 Å². The number of rotatable bonds is 4. The summed E-state index contributed by atoms with van der Waals surface area (Å²) in [5.74, 6) is -1.60. The van der Waals surface area contributed by atoms with Crippen LogP contribution in [0, 0.1) is 12.8 Å². The zero-order valence-corrected chi connectivity index (χ0v) is 21.6. The molecule has 0 radical (unpaired) electrons. The van der Waals surface area contributed by atoms with Crippen LogP contribution in [0.1, 0.15) is 24.3 Å². The average molecular weight is 528 g/mol. The van der Waals surface area contributed by atoms with Crippen LogP contribution < -0.4 is 15.1 Å². The molecule has 0 saturated carbocycles. The molecule has 0 aliphatic carbocycles. The topological polar surface area (TPSA) is 88.5 Å². The van der Waals surface area contributed by atoms with Gasteiger partial charge < -0.3 is 5.32 Å². The second-order valence-electron chi connectivity index (χ2n) is 9.23. The highest BCUT2D eigenvalue weighted by molar-refractivity contribution is 8.00. The van der Waals surface area contributed by atoms with Crippen molar-refractivity contribution in [2.75, 3.05) is 10.2 Å². The number of anilines is 2. The number of amides is 3. The Kier molecular flexibility index (Phi) is 5.89. The van der Waals surface area contributed by atoms with E-state index >= 15 is 0 Å². The number of hydrogen-bond acceptors (Lipinski definition) is 6. The SMILES string of the molecule is Cc1ccc(NC(=O)Cn2c3c(sc2=O)C(C)(C)C2C(=O)N(c4ccc(Cl)cc4)C(=O)C2S3)cc1. The molecule has 180 valence electrons. The Morgan fingerprint density at radius 2 is 1.69 bits per heavy atom. The minimum Gasteiger partial charge on any atom is -0.325 e. The lowest BCUT2D eigenvalue weighted by atomic mass is 9.76. The molecule has 2 aliphatic rings. The second-order valence-corrected chi connectivity index (χ2v) is 11.8. The second kappa shape index (κ2) is 8.65. The number of benzene rings is 2. The average Bonchev–Trinajstić information content (AvgIpc) is 3.25. The number of aryl methyl sites for hydroxylation is 1. The molecule has 1 aromatic heterocycles. The molecule has 1 N–H and O–H groups in total. The quantitative estimate of drug-likeness (QED) is 0.506. The molecule has 10 heteroatoms. The van der Waals surface area contributed by atoms with Crippen LogP contribution >= 0.6 is 34.7 Å². The molecule has 7 nitrogen and oxygen atoms in total. The Labute approximate surface area is 215 Å². The Bertz CT molecular complexity index is 1410. The maximum Gasteiger partial charge on any atom is 0.308 e. The van der Waals surface area contributed by atoms with Crippen LogP contribution in [0.15, 0.2) is 58.4 Å². The van der Waals surface area contributed by atoms with E-state index in [1.54, 1.807) is 36.4 Å². The first-order valence-electron chi connectivity index (χ1n) is 11.0. The fourth-order valence-electron chi connectivity index (χ4n) is 4.59. The van der Waals surface area contributed by atoms with Crippen LogP contribution in [0.2, 0.25) is 5.02 Å². The summed E-state index contributed by atoms with van der Waals surface area (Å²) in [5, 5.41) is 3.20. The first-order chi connectivity index (χ1) is 16.6. The highest BCUT2D eigenvalue weighted by Gasteiger charge is 2.59. The van der Waals surface area contributed by atoms with Crippen LogP contribution in [-0.2, 0) is 26.3 Å². The third kappa shape index (κ3) is 4.01. The van der Waals surface area contributed by atoms with Gasteiger partial charge in [-0.25, -0.2) is 4.90 Å². The van der Waals surface area contributed by atoms with Crippen molar-refractivity contribution in [1.29, 1.82) is 0 Å². The summed E-state index contributed by atoms with van der Waals surface area (Å²) < 4.78 is 1.41. The predicted molar refractivity (Wildman–Crippen MR) is 138 cm³/mol. The van der Waals surface area contributed by atoms with Gasteiger partial charge in [0, 0.05) is 21.0 Å². The van der Waals surface area contributed by atoms with Crippen molar-refractivity contribution in [1.82, 2.24) is 4.57 Å². The highest BCUT2D eigenvalue weighted by atomic mass is 35.5. The summed E-state index contributed by atoms with van der Waals surface area (Å²) in [6.07, 6.45) is 0. The number of fused-ring (bicyclic) bond motifs is 2. The summed E-state index contributed by atoms with van der Waals surface area (Å²) in [6.45, 7) is 5.54. The van der Waals surface area contributed by atoms with Crippen molar-refractivity contribution in [2.45, 2.75) is 43.0 Å². The van der Waals surface area contributed by atoms with Gasteiger partial charge in [-0.3, -0.25) is 23.7 Å². The summed E-state index contributed by atoms with van der Waals surface area (Å²) in [4.78, 5) is 54.2. The molecule has 2 aliphatic heterocycles. The Balaban J connectivity index is 1.46. The molecule has 2 aromatic carbocycles. The van der Waals surface area contributed by atoms with Gasteiger partial charge in [0.05, 0.1) is 16.6 Å². The standard InChI is InChI=1S/C25H22ClN3O4S2/c1-13-4-8-15(9-5-13)27-17(30)12-28-23-20(35-24(28)33)25(2,3)18-19(34-23)22(32)29(21(18)31)16-10-6-14(26)7-11-16/h4-11,18-19H,12H2,1-3H3,(H,27,30). The number of carbonyl (C=O) groups excluding carboxylic acids is 3. The molecule has 2 unspecified atom stereocenters. The maximum absolute atomic E-state index is 13.5. The van der Waals surface area contributed by atoms with Crippen LogP contribution in [0.5, 0.6) is 0 Å². The van der Waals surface area contributed by atoms with E-state index < -0.39 is 16.6 Å². The van der Waals surface area contributed by atoms with Crippen LogP contribution in [0.4, 0.5) is 11.4 Å². The number of thiazole rings is 1. The van der Waals surface area contributed by atoms with Crippen molar-refractivity contribution in [3.05, 3.63) is 73.7 Å². The van der Waals surface area contributed by atoms with E-state index in [0.29, 0.717) is 21.4 Å². The van der Waals surface area contributed by atoms with Crippen molar-refractivity contribution < 1.29 is 14.4 Å². The van der Waals surface area contributed by atoms with Crippen LogP contribution in [0.25, 0.3) is 0 Å². The predicted octanol–water partition coefficient (Wildman–Crippen LogP) is 4.45. The molecular formula is C25H22ClN3O4S2. The van der Waals surface area contributed by atoms with Crippen molar-refractivity contribution in [3.63, 3.8) is 0 Å². The van der Waals surface area contributed by atoms with Crippen molar-refractivity contribution in [3.8, 4) is 0 Å². The maximum atomic E-state index is 13.5. The molecule has 1 saturated heterocycles. The molecule has 3 heterocycles. The van der Waals surface area contributed by atoms with Gasteiger partial charge in [0.2, 0.25) is 17.7 Å². The van der Waals surface area contributed by atoms with Crippen LogP contribution in [-0.4, -0.2) is 27.5 Å². The van der Waals surface area contributed by atoms with Gasteiger partial charge >= 0.3 is 4.87 Å². The van der Waals surface area contributed by atoms with Gasteiger partial charge in [0.15, 0.2) is 0 Å². The minimum atomic E-state index is -0.762. The molecule has 3 amide bonds. The third-order valence-corrected chi connectivity index (χ3v) is 9.50. The zero-order valence-electron chi connectivity index (χ0n) is 19.2. The van der Waals surface area contributed by atoms with E-state index in [1.165, 1.54) is 21.2 Å². The van der Waals surface area contributed by atoms with E-state index in [9.17, 15) is 19.2 Å². The Morgan fingerprint density at radius 3 is 2.34 bits per heavy atom. The fourth-order valence-corrected chi connectivity index (χ4v) is 7.76. The van der Waals surface area contributed by atoms with Gasteiger partial charge in [0.1, 0.15) is 11.8 Å². The molecule has 1 fully saturated rings. The summed E-state index contributed by atoms with van der Waals surface area (Å²) in [5.41, 5.74) is 1.42. The molecule has 0 spiro atoms. The monoisotopic (exact) mass is 527 g/mol.